The number of nitrogens with zero attached hydrogens (tertiary/aromatic N) is 5. The third kappa shape index (κ3) is 5.49. The van der Waals surface area contributed by atoms with Crippen molar-refractivity contribution >= 4 is 36.7 Å². The summed E-state index contributed by atoms with van der Waals surface area (Å²) in [5, 5.41) is 28.7. The van der Waals surface area contributed by atoms with E-state index >= 15 is 0 Å². The molecular formula is C16H21N9O2S. The predicted octanol–water partition coefficient (Wildman–Crippen LogP) is -0.245. The van der Waals surface area contributed by atoms with Crippen LogP contribution in [-0.2, 0) is 4.74 Å². The summed E-state index contributed by atoms with van der Waals surface area (Å²) in [7, 11) is 1.53. The zero-order chi connectivity index (χ0) is 19.1. The van der Waals surface area contributed by atoms with Crippen LogP contribution in [0.4, 0.5) is 17.3 Å². The Morgan fingerprint density at radius 2 is 2.21 bits per heavy atom. The van der Waals surface area contributed by atoms with Gasteiger partial charge in [-0.1, -0.05) is 0 Å². The molecule has 2 aromatic heterocycles. The van der Waals surface area contributed by atoms with Gasteiger partial charge in [-0.15, -0.1) is 10.2 Å². The topological polar surface area (TPSA) is 150 Å². The second-order valence-electron chi connectivity index (χ2n) is 5.67. The van der Waals surface area contributed by atoms with Gasteiger partial charge in [-0.2, -0.15) is 18.8 Å². The maximum absolute atomic E-state index is 12.1. The average Bonchev–Trinajstić information content (AvgIpc) is 2.73. The Hall–Kier alpha value is -3.01. The summed E-state index contributed by atoms with van der Waals surface area (Å²) in [6.45, 7) is 2.72. The predicted molar refractivity (Wildman–Crippen MR) is 107 cm³/mol. The van der Waals surface area contributed by atoms with Crippen molar-refractivity contribution in [2.45, 2.75) is 6.10 Å². The van der Waals surface area contributed by atoms with E-state index in [-0.39, 0.29) is 36.9 Å². The highest BCUT2D eigenvalue weighted by Gasteiger charge is 2.18. The molecule has 1 fully saturated rings. The largest absolute Gasteiger partial charge is 0.380 e. The van der Waals surface area contributed by atoms with Gasteiger partial charge in [0.2, 0.25) is 0 Å². The van der Waals surface area contributed by atoms with E-state index in [9.17, 15) is 4.79 Å². The van der Waals surface area contributed by atoms with E-state index in [1.54, 1.807) is 6.07 Å². The van der Waals surface area contributed by atoms with Crippen LogP contribution in [0, 0.1) is 11.3 Å². The molecule has 0 aliphatic carbocycles. The average molecular weight is 403 g/mol. The maximum atomic E-state index is 12.1. The molecule has 28 heavy (non-hydrogen) atoms. The molecule has 1 aliphatic rings. The van der Waals surface area contributed by atoms with Crippen LogP contribution in [0.5, 0.6) is 0 Å². The highest BCUT2D eigenvalue weighted by Crippen LogP contribution is 2.19. The van der Waals surface area contributed by atoms with Crippen molar-refractivity contribution in [1.82, 2.24) is 30.8 Å². The molecule has 0 unspecified atom stereocenters. The smallest absolute Gasteiger partial charge is 0.273 e. The third-order valence-electron chi connectivity index (χ3n) is 3.78. The Kier molecular flexibility index (Phi) is 7.88. The Labute approximate surface area is 168 Å². The van der Waals surface area contributed by atoms with Crippen molar-refractivity contribution in [1.29, 1.82) is 5.26 Å². The number of carbonyl (C=O) groups is 1. The molecule has 12 heteroatoms. The molecule has 0 radical (unpaired) electrons. The summed E-state index contributed by atoms with van der Waals surface area (Å²) in [5.41, 5.74) is 0.908. The van der Waals surface area contributed by atoms with Crippen LogP contribution >= 0.6 is 13.5 Å². The standard InChI is InChI=1S/C16H19N9O2.H2S/c1-18-16(26)15-12(21-8-11-7-19-2-3-27-11)4-13(24-25-15)23-14-9-20-10(5-17)6-22-14;/h4,6,9,11,19H,2-3,7-8H2,1H3,(H,18,26)(H2,21,22,23,24);1H2/t11-;/m0./s1. The molecular weight excluding hydrogens is 382 g/mol. The van der Waals surface area contributed by atoms with Crippen LogP contribution in [-0.4, -0.2) is 65.5 Å². The summed E-state index contributed by atoms with van der Waals surface area (Å²) >= 11 is 0. The van der Waals surface area contributed by atoms with Crippen LogP contribution in [0.15, 0.2) is 18.5 Å². The fourth-order valence-electron chi connectivity index (χ4n) is 2.43. The number of hydrogen-bond acceptors (Lipinski definition) is 10. The van der Waals surface area contributed by atoms with Crippen molar-refractivity contribution in [3.63, 3.8) is 0 Å². The van der Waals surface area contributed by atoms with Crippen LogP contribution in [0.1, 0.15) is 16.2 Å². The van der Waals surface area contributed by atoms with Crippen molar-refractivity contribution in [2.24, 2.45) is 0 Å². The number of nitriles is 1. The van der Waals surface area contributed by atoms with Gasteiger partial charge < -0.3 is 26.0 Å². The number of carbonyl (C=O) groups excluding carboxylic acids is 1. The van der Waals surface area contributed by atoms with Crippen LogP contribution < -0.4 is 21.3 Å². The Bertz CT molecular complexity index is 835. The molecule has 4 N–H and O–H groups in total. The van der Waals surface area contributed by atoms with Gasteiger partial charge in [0.05, 0.1) is 30.8 Å². The van der Waals surface area contributed by atoms with Crippen LogP contribution in [0.25, 0.3) is 0 Å². The quantitative estimate of drug-likeness (QED) is 0.508. The molecule has 3 rings (SSSR count). The maximum Gasteiger partial charge on any atom is 0.273 e. The number of amides is 1. The normalized spacial score (nSPS) is 15.6. The first-order valence-electron chi connectivity index (χ1n) is 8.34. The molecule has 1 atom stereocenters. The van der Waals surface area contributed by atoms with E-state index in [4.69, 9.17) is 10.00 Å². The number of rotatable bonds is 6. The van der Waals surface area contributed by atoms with Gasteiger partial charge in [0, 0.05) is 32.7 Å². The minimum atomic E-state index is -0.350. The van der Waals surface area contributed by atoms with Gasteiger partial charge in [0.1, 0.15) is 11.9 Å². The molecule has 0 aromatic carbocycles. The Morgan fingerprint density at radius 1 is 1.36 bits per heavy atom. The van der Waals surface area contributed by atoms with E-state index in [0.29, 0.717) is 30.5 Å². The molecule has 148 valence electrons. The summed E-state index contributed by atoms with van der Waals surface area (Å²) in [6, 6.07) is 3.56. The summed E-state index contributed by atoms with van der Waals surface area (Å²) < 4.78 is 5.65. The van der Waals surface area contributed by atoms with Crippen LogP contribution in [0.2, 0.25) is 0 Å². The molecule has 11 nitrogen and oxygen atoms in total. The van der Waals surface area contributed by atoms with E-state index in [0.717, 1.165) is 13.1 Å². The van der Waals surface area contributed by atoms with Crippen LogP contribution in [0.3, 0.4) is 0 Å². The number of anilines is 3. The number of aromatic nitrogens is 4. The molecule has 1 aliphatic heterocycles. The van der Waals surface area contributed by atoms with E-state index in [2.05, 4.69) is 41.4 Å². The molecule has 0 spiro atoms. The SMILES string of the molecule is CNC(=O)c1nnc(Nc2cnc(C#N)cn2)cc1NC[C@@H]1CNCCO1.S. The second-order valence-corrected chi connectivity index (χ2v) is 5.67. The lowest BCUT2D eigenvalue weighted by molar-refractivity contribution is 0.0372. The van der Waals surface area contributed by atoms with Gasteiger partial charge in [-0.3, -0.25) is 4.79 Å². The van der Waals surface area contributed by atoms with E-state index in [1.165, 1.54) is 19.4 Å². The lowest BCUT2D eigenvalue weighted by Crippen LogP contribution is -2.42. The first kappa shape index (κ1) is 21.3. The summed E-state index contributed by atoms with van der Waals surface area (Å²) in [4.78, 5) is 20.1. The van der Waals surface area contributed by atoms with Crippen molar-refractivity contribution in [3.8, 4) is 6.07 Å². The molecule has 1 saturated heterocycles. The van der Waals surface area contributed by atoms with Crippen molar-refractivity contribution in [3.05, 3.63) is 29.8 Å². The first-order valence-corrected chi connectivity index (χ1v) is 8.34. The molecule has 1 amide bonds. The summed E-state index contributed by atoms with van der Waals surface area (Å²) in [5.74, 6) is 0.436. The first-order chi connectivity index (χ1) is 13.2. The zero-order valence-corrected chi connectivity index (χ0v) is 16.2. The second kappa shape index (κ2) is 10.4. The summed E-state index contributed by atoms with van der Waals surface area (Å²) in [6.07, 6.45) is 2.76. The number of hydrogen-bond donors (Lipinski definition) is 4. The van der Waals surface area contributed by atoms with Gasteiger partial charge in [-0.05, 0) is 0 Å². The van der Waals surface area contributed by atoms with Crippen molar-refractivity contribution in [2.75, 3.05) is 43.9 Å². The zero-order valence-electron chi connectivity index (χ0n) is 15.2. The Morgan fingerprint density at radius 3 is 2.86 bits per heavy atom. The van der Waals surface area contributed by atoms with Gasteiger partial charge in [0.25, 0.3) is 5.91 Å². The minimum absolute atomic E-state index is 0. The fraction of sp³-hybridized carbons (Fsp3) is 0.375. The molecule has 2 aromatic rings. The van der Waals surface area contributed by atoms with Crippen molar-refractivity contribution < 1.29 is 9.53 Å². The molecule has 3 heterocycles. The highest BCUT2D eigenvalue weighted by atomic mass is 32.1. The number of nitrogens with one attached hydrogen (secondary N) is 4. The fourth-order valence-corrected chi connectivity index (χ4v) is 2.43. The van der Waals surface area contributed by atoms with Gasteiger partial charge in [0.15, 0.2) is 17.2 Å². The van der Waals surface area contributed by atoms with E-state index in [1.807, 2.05) is 6.07 Å². The lowest BCUT2D eigenvalue weighted by atomic mass is 10.2. The molecule has 0 bridgehead atoms. The minimum Gasteiger partial charge on any atom is -0.380 e. The third-order valence-corrected chi connectivity index (χ3v) is 3.78. The monoisotopic (exact) mass is 403 g/mol. The lowest BCUT2D eigenvalue weighted by Gasteiger charge is -2.24. The highest BCUT2D eigenvalue weighted by molar-refractivity contribution is 7.59. The van der Waals surface area contributed by atoms with Gasteiger partial charge in [-0.25, -0.2) is 9.97 Å². The number of ether oxygens (including phenoxy) is 1. The van der Waals surface area contributed by atoms with E-state index < -0.39 is 0 Å². The molecule has 0 saturated carbocycles. The van der Waals surface area contributed by atoms with Gasteiger partial charge >= 0.3 is 0 Å². The Balaban J connectivity index is 0.00000280. The number of morpholine rings is 1.